The zero-order valence-electron chi connectivity index (χ0n) is 14.1. The summed E-state index contributed by atoms with van der Waals surface area (Å²) in [7, 11) is 0. The predicted molar refractivity (Wildman–Crippen MR) is 103 cm³/mol. The van der Waals surface area contributed by atoms with E-state index in [1.165, 1.54) is 21.6 Å². The number of anilines is 1. The van der Waals surface area contributed by atoms with Crippen molar-refractivity contribution in [3.63, 3.8) is 0 Å². The molecule has 2 aromatic carbocycles. The Morgan fingerprint density at radius 1 is 0.923 bits per heavy atom. The van der Waals surface area contributed by atoms with Gasteiger partial charge in [0.2, 0.25) is 0 Å². The van der Waals surface area contributed by atoms with Gasteiger partial charge in [0.15, 0.2) is 11.5 Å². The average Bonchev–Trinajstić information content (AvgIpc) is 3.13. The van der Waals surface area contributed by atoms with E-state index in [1.807, 2.05) is 24.3 Å². The van der Waals surface area contributed by atoms with Crippen LogP contribution >= 0.6 is 11.3 Å². The van der Waals surface area contributed by atoms with Crippen LogP contribution in [0, 0.1) is 0 Å². The molecule has 0 fully saturated rings. The molecule has 1 N–H and O–H groups in total. The molecule has 0 spiro atoms. The minimum absolute atomic E-state index is 0.0847. The maximum absolute atomic E-state index is 12.7. The summed E-state index contributed by atoms with van der Waals surface area (Å²) in [5.74, 6) is 1.31. The maximum Gasteiger partial charge on any atom is 0.265 e. The molecule has 4 nitrogen and oxygen atoms in total. The summed E-state index contributed by atoms with van der Waals surface area (Å²) in [5.41, 5.74) is 4.60. The second-order valence-electron chi connectivity index (χ2n) is 6.43. The van der Waals surface area contributed by atoms with Crippen LogP contribution in [-0.2, 0) is 12.8 Å². The fraction of sp³-hybridized carbons (Fsp3) is 0.190. The van der Waals surface area contributed by atoms with Gasteiger partial charge in [0.1, 0.15) is 13.2 Å². The minimum Gasteiger partial charge on any atom is -0.486 e. The number of aryl methyl sites for hydroxylation is 2. The number of fused-ring (bicyclic) bond motifs is 4. The molecule has 5 heteroatoms. The summed E-state index contributed by atoms with van der Waals surface area (Å²) < 4.78 is 11.1. The molecular weight excluding hydrogens is 346 g/mol. The second kappa shape index (κ2) is 6.18. The molecule has 0 atom stereocenters. The molecule has 0 saturated heterocycles. The minimum atomic E-state index is -0.0847. The molecule has 1 aromatic heterocycles. The van der Waals surface area contributed by atoms with Gasteiger partial charge in [-0.15, -0.1) is 11.3 Å². The first kappa shape index (κ1) is 15.5. The Morgan fingerprint density at radius 2 is 1.73 bits per heavy atom. The lowest BCUT2D eigenvalue weighted by molar-refractivity contribution is 0.103. The molecule has 0 saturated carbocycles. The molecule has 2 heterocycles. The van der Waals surface area contributed by atoms with Crippen LogP contribution in [0.15, 0.2) is 48.5 Å². The molecule has 0 bridgehead atoms. The van der Waals surface area contributed by atoms with Gasteiger partial charge in [-0.05, 0) is 47.7 Å². The third kappa shape index (κ3) is 2.65. The number of hydrogen-bond donors (Lipinski definition) is 1. The van der Waals surface area contributed by atoms with E-state index < -0.39 is 0 Å². The number of ether oxygens (including phenoxy) is 2. The van der Waals surface area contributed by atoms with Gasteiger partial charge < -0.3 is 14.8 Å². The van der Waals surface area contributed by atoms with Crippen LogP contribution in [0.5, 0.6) is 11.5 Å². The Labute approximate surface area is 155 Å². The number of thiophene rings is 1. The van der Waals surface area contributed by atoms with Crippen molar-refractivity contribution in [1.29, 1.82) is 0 Å². The van der Waals surface area contributed by atoms with Crippen molar-refractivity contribution in [3.8, 4) is 21.9 Å². The first-order valence-electron chi connectivity index (χ1n) is 8.70. The summed E-state index contributed by atoms with van der Waals surface area (Å²) in [5, 5.41) is 2.98. The van der Waals surface area contributed by atoms with E-state index in [2.05, 4.69) is 29.6 Å². The zero-order chi connectivity index (χ0) is 17.5. The van der Waals surface area contributed by atoms with Crippen LogP contribution in [0.2, 0.25) is 0 Å². The lowest BCUT2D eigenvalue weighted by Crippen LogP contribution is -2.16. The average molecular weight is 363 g/mol. The molecule has 3 aromatic rings. The predicted octanol–water partition coefficient (Wildman–Crippen LogP) is 4.54. The van der Waals surface area contributed by atoms with Crippen molar-refractivity contribution in [2.75, 3.05) is 18.5 Å². The van der Waals surface area contributed by atoms with Crippen LogP contribution in [-0.4, -0.2) is 19.1 Å². The molecule has 0 radical (unpaired) electrons. The summed E-state index contributed by atoms with van der Waals surface area (Å²) >= 11 is 1.57. The lowest BCUT2D eigenvalue weighted by atomic mass is 9.91. The molecule has 130 valence electrons. The third-order valence-electron chi connectivity index (χ3n) is 4.76. The quantitative estimate of drug-likeness (QED) is 0.727. The highest BCUT2D eigenvalue weighted by molar-refractivity contribution is 7.17. The molecule has 2 aliphatic rings. The first-order valence-corrected chi connectivity index (χ1v) is 9.51. The van der Waals surface area contributed by atoms with E-state index in [0.29, 0.717) is 24.7 Å². The molecule has 26 heavy (non-hydrogen) atoms. The normalized spacial score (nSPS) is 14.3. The number of carbonyl (C=O) groups is 1. The molecular formula is C21H17NO3S. The highest BCUT2D eigenvalue weighted by Crippen LogP contribution is 2.40. The fourth-order valence-electron chi connectivity index (χ4n) is 3.50. The van der Waals surface area contributed by atoms with Crippen molar-refractivity contribution in [1.82, 2.24) is 0 Å². The Kier molecular flexibility index (Phi) is 3.68. The van der Waals surface area contributed by atoms with E-state index >= 15 is 0 Å². The Hall–Kier alpha value is -2.79. The van der Waals surface area contributed by atoms with Crippen LogP contribution in [0.4, 0.5) is 5.69 Å². The van der Waals surface area contributed by atoms with Gasteiger partial charge in [0.05, 0.1) is 4.88 Å². The first-order chi connectivity index (χ1) is 12.8. The number of amides is 1. The maximum atomic E-state index is 12.7. The summed E-state index contributed by atoms with van der Waals surface area (Å²) in [6.45, 7) is 1.09. The van der Waals surface area contributed by atoms with Gasteiger partial charge in [-0.3, -0.25) is 4.79 Å². The molecule has 1 aliphatic heterocycles. The van der Waals surface area contributed by atoms with E-state index in [0.717, 1.165) is 23.5 Å². The zero-order valence-corrected chi connectivity index (χ0v) is 14.9. The number of hydrogen-bond acceptors (Lipinski definition) is 4. The van der Waals surface area contributed by atoms with Crippen molar-refractivity contribution < 1.29 is 14.3 Å². The highest BCUT2D eigenvalue weighted by Gasteiger charge is 2.21. The van der Waals surface area contributed by atoms with E-state index in [1.54, 1.807) is 11.3 Å². The van der Waals surface area contributed by atoms with Crippen molar-refractivity contribution in [2.24, 2.45) is 0 Å². The van der Waals surface area contributed by atoms with Gasteiger partial charge in [0.25, 0.3) is 5.91 Å². The smallest absolute Gasteiger partial charge is 0.265 e. The fourth-order valence-corrected chi connectivity index (χ4v) is 4.66. The van der Waals surface area contributed by atoms with Gasteiger partial charge in [-0.2, -0.15) is 0 Å². The van der Waals surface area contributed by atoms with Crippen molar-refractivity contribution in [3.05, 3.63) is 64.5 Å². The third-order valence-corrected chi connectivity index (χ3v) is 5.97. The monoisotopic (exact) mass is 363 g/mol. The number of nitrogens with one attached hydrogen (secondary N) is 1. The molecule has 0 unspecified atom stereocenters. The number of carbonyl (C=O) groups excluding carboxylic acids is 1. The van der Waals surface area contributed by atoms with Crippen LogP contribution in [0.25, 0.3) is 10.4 Å². The van der Waals surface area contributed by atoms with Gasteiger partial charge in [-0.25, -0.2) is 0 Å². The summed E-state index contributed by atoms with van der Waals surface area (Å²) in [6, 6.07) is 16.0. The van der Waals surface area contributed by atoms with Gasteiger partial charge >= 0.3 is 0 Å². The standard InChI is InChI=1S/C21H17NO3S/c23-21(22-15-7-8-17-18(12-15)25-10-9-24-17)19-11-14-6-5-13-3-1-2-4-16(13)20(14)26-19/h1-4,7-8,11-12H,5-6,9-10H2,(H,22,23). The van der Waals surface area contributed by atoms with E-state index in [4.69, 9.17) is 9.47 Å². The topological polar surface area (TPSA) is 47.6 Å². The molecule has 5 rings (SSSR count). The SMILES string of the molecule is O=C(Nc1ccc2c(c1)OCCO2)c1cc2c(s1)-c1ccccc1CC2. The Morgan fingerprint density at radius 3 is 2.65 bits per heavy atom. The van der Waals surface area contributed by atoms with Crippen LogP contribution in [0.3, 0.4) is 0 Å². The Bertz CT molecular complexity index is 1010. The Balaban J connectivity index is 1.41. The number of rotatable bonds is 2. The van der Waals surface area contributed by atoms with Gasteiger partial charge in [0, 0.05) is 16.6 Å². The molecule has 1 amide bonds. The largest absolute Gasteiger partial charge is 0.486 e. The number of benzene rings is 2. The van der Waals surface area contributed by atoms with Crippen LogP contribution < -0.4 is 14.8 Å². The van der Waals surface area contributed by atoms with Crippen molar-refractivity contribution >= 4 is 22.9 Å². The van der Waals surface area contributed by atoms with E-state index in [-0.39, 0.29) is 5.91 Å². The van der Waals surface area contributed by atoms with Gasteiger partial charge in [-0.1, -0.05) is 24.3 Å². The summed E-state index contributed by atoms with van der Waals surface area (Å²) in [4.78, 5) is 14.7. The lowest BCUT2D eigenvalue weighted by Gasteiger charge is -2.18. The second-order valence-corrected chi connectivity index (χ2v) is 7.49. The summed E-state index contributed by atoms with van der Waals surface area (Å²) in [6.07, 6.45) is 2.02. The van der Waals surface area contributed by atoms with E-state index in [9.17, 15) is 4.79 Å². The molecule has 1 aliphatic carbocycles. The van der Waals surface area contributed by atoms with Crippen LogP contribution in [0.1, 0.15) is 20.8 Å². The van der Waals surface area contributed by atoms with Crippen molar-refractivity contribution in [2.45, 2.75) is 12.8 Å². The highest BCUT2D eigenvalue weighted by atomic mass is 32.1.